The maximum Gasteiger partial charge on any atom is 0.306 e. The summed E-state index contributed by atoms with van der Waals surface area (Å²) in [6, 6.07) is 0. The van der Waals surface area contributed by atoms with E-state index in [0.717, 1.165) is 0 Å². The SMILES string of the molecule is [CH2]C(C)CC(=O)OC(C)(C)C. The Morgan fingerprint density at radius 3 is 2.27 bits per heavy atom. The van der Waals surface area contributed by atoms with Gasteiger partial charge in [-0.25, -0.2) is 0 Å². The van der Waals surface area contributed by atoms with Gasteiger partial charge in [0.25, 0.3) is 0 Å². The zero-order valence-electron chi connectivity index (χ0n) is 7.81. The molecule has 11 heavy (non-hydrogen) atoms. The summed E-state index contributed by atoms with van der Waals surface area (Å²) in [7, 11) is 0. The Bertz CT molecular complexity index is 131. The Hall–Kier alpha value is -0.530. The van der Waals surface area contributed by atoms with Gasteiger partial charge < -0.3 is 4.74 Å². The molecule has 0 saturated heterocycles. The van der Waals surface area contributed by atoms with Crippen LogP contribution in [0.1, 0.15) is 34.1 Å². The average Bonchev–Trinajstić information content (AvgIpc) is 1.53. The molecular weight excluding hydrogens is 140 g/mol. The summed E-state index contributed by atoms with van der Waals surface area (Å²) >= 11 is 0. The number of hydrogen-bond acceptors (Lipinski definition) is 2. The van der Waals surface area contributed by atoms with Crippen molar-refractivity contribution in [2.24, 2.45) is 5.92 Å². The zero-order chi connectivity index (χ0) is 9.07. The summed E-state index contributed by atoms with van der Waals surface area (Å²) in [6.45, 7) is 11.2. The van der Waals surface area contributed by atoms with Crippen LogP contribution in [0.25, 0.3) is 0 Å². The predicted octanol–water partition coefficient (Wildman–Crippen LogP) is 2.19. The molecule has 0 bridgehead atoms. The van der Waals surface area contributed by atoms with Crippen molar-refractivity contribution < 1.29 is 9.53 Å². The molecule has 1 radical (unpaired) electrons. The van der Waals surface area contributed by atoms with Gasteiger partial charge in [0.2, 0.25) is 0 Å². The number of hydrogen-bond donors (Lipinski definition) is 0. The van der Waals surface area contributed by atoms with E-state index in [4.69, 9.17) is 4.74 Å². The number of esters is 1. The average molecular weight is 157 g/mol. The van der Waals surface area contributed by atoms with E-state index in [1.165, 1.54) is 0 Å². The lowest BCUT2D eigenvalue weighted by Gasteiger charge is -2.19. The van der Waals surface area contributed by atoms with Gasteiger partial charge in [-0.2, -0.15) is 0 Å². The first-order chi connectivity index (χ1) is 4.81. The van der Waals surface area contributed by atoms with Crippen LogP contribution < -0.4 is 0 Å². The molecule has 0 rings (SSSR count). The van der Waals surface area contributed by atoms with E-state index < -0.39 is 0 Å². The zero-order valence-corrected chi connectivity index (χ0v) is 7.81. The molecule has 0 spiro atoms. The Morgan fingerprint density at radius 1 is 1.55 bits per heavy atom. The monoisotopic (exact) mass is 157 g/mol. The van der Waals surface area contributed by atoms with Gasteiger partial charge in [-0.05, 0) is 33.6 Å². The lowest BCUT2D eigenvalue weighted by atomic mass is 10.1. The van der Waals surface area contributed by atoms with Gasteiger partial charge in [0.05, 0.1) is 0 Å². The minimum Gasteiger partial charge on any atom is -0.460 e. The van der Waals surface area contributed by atoms with Crippen LogP contribution in [0, 0.1) is 12.8 Å². The van der Waals surface area contributed by atoms with Crippen molar-refractivity contribution in [2.45, 2.75) is 39.7 Å². The van der Waals surface area contributed by atoms with E-state index in [9.17, 15) is 4.79 Å². The van der Waals surface area contributed by atoms with Crippen LogP contribution in [0.2, 0.25) is 0 Å². The van der Waals surface area contributed by atoms with Crippen molar-refractivity contribution in [1.29, 1.82) is 0 Å². The van der Waals surface area contributed by atoms with E-state index >= 15 is 0 Å². The molecule has 0 saturated carbocycles. The van der Waals surface area contributed by atoms with E-state index in [1.807, 2.05) is 27.7 Å². The Kier molecular flexibility index (Phi) is 3.56. The van der Waals surface area contributed by atoms with E-state index in [2.05, 4.69) is 6.92 Å². The van der Waals surface area contributed by atoms with Gasteiger partial charge in [-0.3, -0.25) is 4.79 Å². The highest BCUT2D eigenvalue weighted by atomic mass is 16.6. The fraction of sp³-hybridized carbons (Fsp3) is 0.778. The summed E-state index contributed by atoms with van der Waals surface area (Å²) < 4.78 is 5.07. The van der Waals surface area contributed by atoms with Crippen molar-refractivity contribution in [3.05, 3.63) is 6.92 Å². The number of carbonyl (C=O) groups excluding carboxylic acids is 1. The quantitative estimate of drug-likeness (QED) is 0.574. The lowest BCUT2D eigenvalue weighted by molar-refractivity contribution is -0.155. The number of ether oxygens (including phenoxy) is 1. The minimum atomic E-state index is -0.369. The molecule has 0 aliphatic rings. The molecule has 0 aromatic rings. The summed E-state index contributed by atoms with van der Waals surface area (Å²) in [4.78, 5) is 11.0. The highest BCUT2D eigenvalue weighted by molar-refractivity contribution is 5.70. The van der Waals surface area contributed by atoms with Crippen LogP contribution in [0.4, 0.5) is 0 Å². The first-order valence-corrected chi connectivity index (χ1v) is 3.86. The van der Waals surface area contributed by atoms with Crippen molar-refractivity contribution in [1.82, 2.24) is 0 Å². The maximum absolute atomic E-state index is 11.0. The van der Waals surface area contributed by atoms with E-state index in [1.54, 1.807) is 0 Å². The van der Waals surface area contributed by atoms with Crippen molar-refractivity contribution in [3.8, 4) is 0 Å². The molecule has 2 nitrogen and oxygen atoms in total. The van der Waals surface area contributed by atoms with Gasteiger partial charge in [-0.15, -0.1) is 0 Å². The summed E-state index contributed by atoms with van der Waals surface area (Å²) in [6.07, 6.45) is 0.400. The van der Waals surface area contributed by atoms with Crippen molar-refractivity contribution >= 4 is 5.97 Å². The van der Waals surface area contributed by atoms with Crippen molar-refractivity contribution in [3.63, 3.8) is 0 Å². The van der Waals surface area contributed by atoms with Gasteiger partial charge in [0.1, 0.15) is 5.60 Å². The summed E-state index contributed by atoms with van der Waals surface area (Å²) in [5, 5.41) is 0. The number of carbonyl (C=O) groups is 1. The molecule has 0 aliphatic carbocycles. The molecular formula is C9H17O2. The predicted molar refractivity (Wildman–Crippen MR) is 45.0 cm³/mol. The molecule has 0 aliphatic heterocycles. The van der Waals surface area contributed by atoms with E-state index in [0.29, 0.717) is 6.42 Å². The van der Waals surface area contributed by atoms with Crippen LogP contribution >= 0.6 is 0 Å². The third-order valence-electron chi connectivity index (χ3n) is 0.935. The van der Waals surface area contributed by atoms with Gasteiger partial charge >= 0.3 is 5.97 Å². The van der Waals surface area contributed by atoms with Gasteiger partial charge in [-0.1, -0.05) is 6.92 Å². The molecule has 0 amide bonds. The molecule has 65 valence electrons. The fourth-order valence-electron chi connectivity index (χ4n) is 0.668. The second kappa shape index (κ2) is 3.74. The molecule has 1 unspecified atom stereocenters. The standard InChI is InChI=1S/C9H17O2/c1-7(2)6-8(10)11-9(3,4)5/h7H,1,6H2,2-5H3. The fourth-order valence-corrected chi connectivity index (χ4v) is 0.668. The molecule has 2 heteroatoms. The van der Waals surface area contributed by atoms with Crippen LogP contribution in [-0.4, -0.2) is 11.6 Å². The summed E-state index contributed by atoms with van der Waals surface area (Å²) in [5.41, 5.74) is -0.369. The number of rotatable bonds is 2. The van der Waals surface area contributed by atoms with E-state index in [-0.39, 0.29) is 17.5 Å². The van der Waals surface area contributed by atoms with Crippen LogP contribution in [0.3, 0.4) is 0 Å². The molecule has 0 heterocycles. The third kappa shape index (κ3) is 7.37. The first-order valence-electron chi connectivity index (χ1n) is 3.86. The topological polar surface area (TPSA) is 26.3 Å². The third-order valence-corrected chi connectivity index (χ3v) is 0.935. The Balaban J connectivity index is 3.71. The van der Waals surface area contributed by atoms with Crippen LogP contribution in [-0.2, 0) is 9.53 Å². The molecule has 0 aromatic carbocycles. The normalized spacial score (nSPS) is 11.8. The second-order valence-corrected chi connectivity index (χ2v) is 3.90. The second-order valence-electron chi connectivity index (χ2n) is 3.90. The molecule has 1 atom stereocenters. The maximum atomic E-state index is 11.0. The highest BCUT2D eigenvalue weighted by Gasteiger charge is 2.16. The Labute approximate surface area is 68.9 Å². The molecule has 0 aromatic heterocycles. The minimum absolute atomic E-state index is 0.129. The summed E-state index contributed by atoms with van der Waals surface area (Å²) in [5.74, 6) is -0.0372. The largest absolute Gasteiger partial charge is 0.460 e. The molecule has 0 N–H and O–H groups in total. The van der Waals surface area contributed by atoms with Crippen LogP contribution in [0.15, 0.2) is 0 Å². The van der Waals surface area contributed by atoms with Gasteiger partial charge in [0.15, 0.2) is 0 Å². The van der Waals surface area contributed by atoms with Gasteiger partial charge in [0, 0.05) is 6.42 Å². The highest BCUT2D eigenvalue weighted by Crippen LogP contribution is 2.10. The lowest BCUT2D eigenvalue weighted by Crippen LogP contribution is -2.24. The molecule has 0 fully saturated rings. The smallest absolute Gasteiger partial charge is 0.306 e. The first kappa shape index (κ1) is 10.5. The Morgan fingerprint density at radius 2 is 2.00 bits per heavy atom. The van der Waals surface area contributed by atoms with Crippen molar-refractivity contribution in [2.75, 3.05) is 0 Å². The van der Waals surface area contributed by atoms with Crippen LogP contribution in [0.5, 0.6) is 0 Å².